The number of hydrogen-bond donors (Lipinski definition) is 2. The Kier molecular flexibility index (Phi) is 5.04. The topological polar surface area (TPSA) is 130 Å². The predicted octanol–water partition coefficient (Wildman–Crippen LogP) is 3.27. The smallest absolute Gasteiger partial charge is 0.335 e. The van der Waals surface area contributed by atoms with Gasteiger partial charge in [-0.15, -0.1) is 0 Å². The van der Waals surface area contributed by atoms with Crippen molar-refractivity contribution in [2.24, 2.45) is 0 Å². The van der Waals surface area contributed by atoms with Gasteiger partial charge in [0.1, 0.15) is 5.57 Å². The first-order valence-corrected chi connectivity index (χ1v) is 8.28. The summed E-state index contributed by atoms with van der Waals surface area (Å²) in [6.07, 6.45) is 1.06. The minimum absolute atomic E-state index is 0.00338. The van der Waals surface area contributed by atoms with Crippen LogP contribution in [0.2, 0.25) is 10.0 Å². The number of hydrogen-bond acceptors (Lipinski definition) is 6. The normalized spacial score (nSPS) is 15.7. The van der Waals surface area contributed by atoms with E-state index >= 15 is 0 Å². The number of phenolic OH excluding ortho intramolecular Hbond substituents is 1. The number of carbonyl (C=O) groups excluding carboxylic acids is 3. The molecule has 0 atom stereocenters. The highest BCUT2D eigenvalue weighted by molar-refractivity contribution is 6.42. The highest BCUT2D eigenvalue weighted by Crippen LogP contribution is 2.32. The molecular formula is C17H9Cl2N3O6. The molecule has 1 saturated heterocycles. The number of anilines is 1. The molecule has 4 amide bonds. The molecule has 0 radical (unpaired) electrons. The third-order valence-electron chi connectivity index (χ3n) is 3.76. The largest absolute Gasteiger partial charge is 0.502 e. The SMILES string of the molecule is O=C1NC(=O)N(c2ccc(Cl)cc2Cl)C(=O)/C1=C/c1ccc(O)c([N+](=O)[O-])c1. The van der Waals surface area contributed by atoms with Crippen molar-refractivity contribution in [3.8, 4) is 5.75 Å². The number of phenols is 1. The van der Waals surface area contributed by atoms with E-state index in [1.807, 2.05) is 5.32 Å². The molecule has 0 unspecified atom stereocenters. The Hall–Kier alpha value is -3.43. The second-order valence-corrected chi connectivity index (χ2v) is 6.40. The van der Waals surface area contributed by atoms with Crippen molar-refractivity contribution >= 4 is 58.5 Å². The molecule has 2 aromatic rings. The number of aromatic hydroxyl groups is 1. The van der Waals surface area contributed by atoms with E-state index in [2.05, 4.69) is 0 Å². The number of halogens is 2. The first-order chi connectivity index (χ1) is 13.2. The molecule has 142 valence electrons. The van der Waals surface area contributed by atoms with E-state index < -0.39 is 39.8 Å². The molecule has 1 heterocycles. The maximum absolute atomic E-state index is 12.8. The molecule has 0 bridgehead atoms. The van der Waals surface area contributed by atoms with Crippen molar-refractivity contribution in [2.75, 3.05) is 4.90 Å². The van der Waals surface area contributed by atoms with Crippen LogP contribution in [0.15, 0.2) is 42.0 Å². The molecule has 0 spiro atoms. The molecule has 11 heteroatoms. The Balaban J connectivity index is 2.06. The van der Waals surface area contributed by atoms with Gasteiger partial charge in [0.05, 0.1) is 15.6 Å². The second-order valence-electron chi connectivity index (χ2n) is 5.56. The Morgan fingerprint density at radius 2 is 1.82 bits per heavy atom. The zero-order valence-corrected chi connectivity index (χ0v) is 15.2. The van der Waals surface area contributed by atoms with Gasteiger partial charge >= 0.3 is 11.7 Å². The monoisotopic (exact) mass is 421 g/mol. The van der Waals surface area contributed by atoms with Gasteiger partial charge in [-0.25, -0.2) is 9.69 Å². The summed E-state index contributed by atoms with van der Waals surface area (Å²) >= 11 is 11.9. The molecule has 1 aliphatic heterocycles. The molecule has 1 aliphatic rings. The van der Waals surface area contributed by atoms with E-state index in [-0.39, 0.29) is 21.3 Å². The van der Waals surface area contributed by atoms with Gasteiger partial charge in [0.2, 0.25) is 0 Å². The standard InChI is InChI=1S/C17H9Cl2N3O6/c18-9-2-3-12(11(19)7-9)21-16(25)10(15(24)20-17(21)26)5-8-1-4-14(23)13(6-8)22(27)28/h1-7,23H,(H,20,24,26)/b10-5+. The minimum Gasteiger partial charge on any atom is -0.502 e. The third-order valence-corrected chi connectivity index (χ3v) is 4.30. The Labute approximate surface area is 166 Å². The molecule has 0 saturated carbocycles. The van der Waals surface area contributed by atoms with Gasteiger partial charge in [-0.1, -0.05) is 29.3 Å². The lowest BCUT2D eigenvalue weighted by molar-refractivity contribution is -0.385. The average Bonchev–Trinajstić information content (AvgIpc) is 2.61. The second kappa shape index (κ2) is 7.29. The zero-order chi connectivity index (χ0) is 20.6. The van der Waals surface area contributed by atoms with Gasteiger partial charge in [-0.05, 0) is 35.9 Å². The number of nitrogens with zero attached hydrogens (tertiary/aromatic N) is 2. The van der Waals surface area contributed by atoms with Crippen molar-refractivity contribution in [2.45, 2.75) is 0 Å². The van der Waals surface area contributed by atoms with Crippen molar-refractivity contribution in [1.82, 2.24) is 5.32 Å². The van der Waals surface area contributed by atoms with Crippen molar-refractivity contribution < 1.29 is 24.4 Å². The number of carbonyl (C=O) groups is 3. The van der Waals surface area contributed by atoms with Crippen LogP contribution in [-0.2, 0) is 9.59 Å². The summed E-state index contributed by atoms with van der Waals surface area (Å²) in [6.45, 7) is 0. The van der Waals surface area contributed by atoms with Crippen LogP contribution >= 0.6 is 23.2 Å². The van der Waals surface area contributed by atoms with Gasteiger partial charge in [0.25, 0.3) is 11.8 Å². The minimum atomic E-state index is -1.01. The Morgan fingerprint density at radius 1 is 1.11 bits per heavy atom. The quantitative estimate of drug-likeness (QED) is 0.338. The van der Waals surface area contributed by atoms with Crippen LogP contribution in [0.25, 0.3) is 6.08 Å². The summed E-state index contributed by atoms with van der Waals surface area (Å²) in [6, 6.07) is 6.36. The van der Waals surface area contributed by atoms with Gasteiger partial charge in [0, 0.05) is 11.1 Å². The molecule has 0 aromatic heterocycles. The van der Waals surface area contributed by atoms with Crippen molar-refractivity contribution in [3.05, 3.63) is 67.7 Å². The van der Waals surface area contributed by atoms with Crippen LogP contribution in [0, 0.1) is 10.1 Å². The van der Waals surface area contributed by atoms with Crippen LogP contribution in [0.3, 0.4) is 0 Å². The number of urea groups is 1. The molecule has 28 heavy (non-hydrogen) atoms. The number of imide groups is 2. The molecule has 3 rings (SSSR count). The lowest BCUT2D eigenvalue weighted by Gasteiger charge is -2.27. The summed E-state index contributed by atoms with van der Waals surface area (Å²) in [5, 5.41) is 22.7. The van der Waals surface area contributed by atoms with E-state index in [1.54, 1.807) is 0 Å². The number of nitro groups is 1. The lowest BCUT2D eigenvalue weighted by atomic mass is 10.1. The molecule has 1 fully saturated rings. The fourth-order valence-corrected chi connectivity index (χ4v) is 2.98. The Bertz CT molecular complexity index is 1080. The van der Waals surface area contributed by atoms with Crippen LogP contribution < -0.4 is 10.2 Å². The number of amides is 4. The fourth-order valence-electron chi connectivity index (χ4n) is 2.48. The van der Waals surface area contributed by atoms with E-state index in [0.29, 0.717) is 4.90 Å². The molecule has 2 N–H and O–H groups in total. The van der Waals surface area contributed by atoms with E-state index in [1.165, 1.54) is 24.3 Å². The van der Waals surface area contributed by atoms with Crippen LogP contribution in [0.4, 0.5) is 16.2 Å². The van der Waals surface area contributed by atoms with Crippen molar-refractivity contribution in [3.63, 3.8) is 0 Å². The zero-order valence-electron chi connectivity index (χ0n) is 13.7. The highest BCUT2D eigenvalue weighted by atomic mass is 35.5. The Morgan fingerprint density at radius 3 is 2.46 bits per heavy atom. The van der Waals surface area contributed by atoms with Crippen LogP contribution in [0.5, 0.6) is 5.75 Å². The van der Waals surface area contributed by atoms with Gasteiger partial charge in [0.15, 0.2) is 5.75 Å². The van der Waals surface area contributed by atoms with Gasteiger partial charge < -0.3 is 5.11 Å². The van der Waals surface area contributed by atoms with Gasteiger partial charge in [-0.3, -0.25) is 25.0 Å². The first kappa shape index (κ1) is 19.3. The number of barbiturate groups is 1. The molecule has 0 aliphatic carbocycles. The summed E-state index contributed by atoms with van der Waals surface area (Å²) < 4.78 is 0. The number of nitro benzene ring substituents is 1. The molecule has 2 aromatic carbocycles. The highest BCUT2D eigenvalue weighted by Gasteiger charge is 2.37. The first-order valence-electron chi connectivity index (χ1n) is 7.53. The molecule has 9 nitrogen and oxygen atoms in total. The van der Waals surface area contributed by atoms with Crippen LogP contribution in [-0.4, -0.2) is 27.9 Å². The average molecular weight is 422 g/mol. The molecular weight excluding hydrogens is 413 g/mol. The summed E-state index contributed by atoms with van der Waals surface area (Å²) in [5.41, 5.74) is -0.958. The number of nitrogens with one attached hydrogen (secondary N) is 1. The summed E-state index contributed by atoms with van der Waals surface area (Å²) in [4.78, 5) is 47.9. The van der Waals surface area contributed by atoms with Crippen molar-refractivity contribution in [1.29, 1.82) is 0 Å². The maximum Gasteiger partial charge on any atom is 0.335 e. The predicted molar refractivity (Wildman–Crippen MR) is 100 cm³/mol. The number of rotatable bonds is 3. The van der Waals surface area contributed by atoms with E-state index in [0.717, 1.165) is 18.2 Å². The van der Waals surface area contributed by atoms with Gasteiger partial charge in [-0.2, -0.15) is 0 Å². The van der Waals surface area contributed by atoms with E-state index in [4.69, 9.17) is 23.2 Å². The van der Waals surface area contributed by atoms with E-state index in [9.17, 15) is 29.6 Å². The summed E-state index contributed by atoms with van der Waals surface area (Å²) in [7, 11) is 0. The number of benzene rings is 2. The fraction of sp³-hybridized carbons (Fsp3) is 0. The maximum atomic E-state index is 12.8. The third kappa shape index (κ3) is 3.53. The lowest BCUT2D eigenvalue weighted by Crippen LogP contribution is -2.54. The van der Waals surface area contributed by atoms with Crippen LogP contribution in [0.1, 0.15) is 5.56 Å². The summed E-state index contributed by atoms with van der Waals surface area (Å²) in [5.74, 6) is -2.53.